The van der Waals surface area contributed by atoms with Crippen molar-refractivity contribution in [3.8, 4) is 5.75 Å². The van der Waals surface area contributed by atoms with Gasteiger partial charge in [-0.2, -0.15) is 11.8 Å². The second-order valence-electron chi connectivity index (χ2n) is 7.89. The zero-order chi connectivity index (χ0) is 19.5. The Morgan fingerprint density at radius 2 is 2.07 bits per heavy atom. The average molecular weight is 404 g/mol. The number of methoxy groups -OCH3 is 1. The third-order valence-electron chi connectivity index (χ3n) is 6.14. The Kier molecular flexibility index (Phi) is 5.99. The molecule has 3 heterocycles. The van der Waals surface area contributed by atoms with E-state index in [1.165, 1.54) is 5.56 Å². The molecule has 0 radical (unpaired) electrons. The molecule has 3 fully saturated rings. The van der Waals surface area contributed by atoms with Gasteiger partial charge >= 0.3 is 6.03 Å². The highest BCUT2D eigenvalue weighted by molar-refractivity contribution is 8.00. The molecule has 3 aliphatic heterocycles. The molecule has 0 bridgehead atoms. The van der Waals surface area contributed by atoms with Crippen LogP contribution >= 0.6 is 11.8 Å². The minimum Gasteiger partial charge on any atom is -0.497 e. The Bertz CT molecular complexity index is 711. The minimum atomic E-state index is -0.0333. The monoisotopic (exact) mass is 403 g/mol. The van der Waals surface area contributed by atoms with Crippen LogP contribution in [0, 0.1) is 0 Å². The molecule has 152 valence electrons. The van der Waals surface area contributed by atoms with Crippen molar-refractivity contribution in [3.63, 3.8) is 0 Å². The summed E-state index contributed by atoms with van der Waals surface area (Å²) in [5, 5.41) is 6.49. The van der Waals surface area contributed by atoms with Gasteiger partial charge in [-0.1, -0.05) is 18.6 Å². The number of carbonyl (C=O) groups excluding carboxylic acids is 2. The van der Waals surface area contributed by atoms with Gasteiger partial charge in [0.15, 0.2) is 0 Å². The lowest BCUT2D eigenvalue weighted by Crippen LogP contribution is -2.36. The summed E-state index contributed by atoms with van der Waals surface area (Å²) in [5.74, 6) is 2.11. The highest BCUT2D eigenvalue weighted by Crippen LogP contribution is 2.35. The van der Waals surface area contributed by atoms with E-state index in [1.54, 1.807) is 7.11 Å². The molecule has 1 aromatic carbocycles. The lowest BCUT2D eigenvalue weighted by Gasteiger charge is -2.25. The summed E-state index contributed by atoms with van der Waals surface area (Å²) in [5.41, 5.74) is 1.20. The maximum atomic E-state index is 12.8. The highest BCUT2D eigenvalue weighted by Gasteiger charge is 2.42. The van der Waals surface area contributed by atoms with Crippen molar-refractivity contribution in [2.45, 2.75) is 61.9 Å². The number of ether oxygens (including phenoxy) is 1. The lowest BCUT2D eigenvalue weighted by atomic mass is 10.0. The van der Waals surface area contributed by atoms with E-state index in [0.29, 0.717) is 11.7 Å². The molecule has 0 aliphatic carbocycles. The number of benzene rings is 1. The molecule has 0 aromatic heterocycles. The van der Waals surface area contributed by atoms with E-state index in [9.17, 15) is 9.59 Å². The number of nitrogens with one attached hydrogen (secondary N) is 2. The molecule has 1 aromatic rings. The first kappa shape index (κ1) is 19.4. The van der Waals surface area contributed by atoms with Crippen LogP contribution in [0.1, 0.15) is 50.1 Å². The van der Waals surface area contributed by atoms with Crippen LogP contribution in [0.2, 0.25) is 0 Å². The summed E-state index contributed by atoms with van der Waals surface area (Å²) in [6, 6.07) is 8.79. The van der Waals surface area contributed by atoms with E-state index in [-0.39, 0.29) is 30.1 Å². The average Bonchev–Trinajstić information content (AvgIpc) is 3.41. The van der Waals surface area contributed by atoms with E-state index in [0.717, 1.165) is 50.2 Å². The Morgan fingerprint density at radius 1 is 1.25 bits per heavy atom. The molecule has 6 nitrogen and oxygen atoms in total. The molecule has 2 N–H and O–H groups in total. The second kappa shape index (κ2) is 8.64. The van der Waals surface area contributed by atoms with Crippen LogP contribution in [0.15, 0.2) is 24.3 Å². The number of nitrogens with zero attached hydrogens (tertiary/aromatic N) is 1. The van der Waals surface area contributed by atoms with Crippen molar-refractivity contribution < 1.29 is 14.3 Å². The molecule has 7 heteroatoms. The summed E-state index contributed by atoms with van der Waals surface area (Å²) >= 11 is 1.94. The van der Waals surface area contributed by atoms with Crippen LogP contribution in [-0.2, 0) is 4.79 Å². The van der Waals surface area contributed by atoms with Crippen molar-refractivity contribution in [1.29, 1.82) is 0 Å². The zero-order valence-electron chi connectivity index (χ0n) is 16.4. The van der Waals surface area contributed by atoms with Crippen molar-refractivity contribution in [2.75, 3.05) is 19.4 Å². The largest absolute Gasteiger partial charge is 0.497 e. The first-order valence-corrected chi connectivity index (χ1v) is 11.3. The van der Waals surface area contributed by atoms with Crippen molar-refractivity contribution >= 4 is 23.7 Å². The zero-order valence-corrected chi connectivity index (χ0v) is 17.2. The number of hydrogen-bond acceptors (Lipinski definition) is 4. The summed E-state index contributed by atoms with van der Waals surface area (Å²) < 4.78 is 5.24. The molecule has 3 amide bonds. The first-order chi connectivity index (χ1) is 13.7. The fourth-order valence-electron chi connectivity index (χ4n) is 4.65. The predicted octanol–water partition coefficient (Wildman–Crippen LogP) is 3.08. The molecule has 4 rings (SSSR count). The van der Waals surface area contributed by atoms with E-state index in [4.69, 9.17) is 4.74 Å². The van der Waals surface area contributed by atoms with Gasteiger partial charge in [0, 0.05) is 24.0 Å². The van der Waals surface area contributed by atoms with Crippen LogP contribution in [0.25, 0.3) is 0 Å². The molecule has 4 atom stereocenters. The van der Waals surface area contributed by atoms with E-state index < -0.39 is 0 Å². The number of rotatable bonds is 7. The Hall–Kier alpha value is -1.89. The van der Waals surface area contributed by atoms with Gasteiger partial charge in [-0.15, -0.1) is 0 Å². The highest BCUT2D eigenvalue weighted by atomic mass is 32.2. The standard InChI is InChI=1S/C21H29N3O3S/c1-27-15-10-8-14(9-11-15)17-5-4-12-24(17)19(25)7-3-2-6-18-20-16(13-28-18)22-21(26)23-20/h8-11,16-18,20H,2-7,12-13H2,1H3,(H2,22,23,26)/t16-,17+,18+,20-/m1/s1. The second-order valence-corrected chi connectivity index (χ2v) is 9.16. The van der Waals surface area contributed by atoms with Gasteiger partial charge in [-0.25, -0.2) is 4.79 Å². The van der Waals surface area contributed by atoms with Gasteiger partial charge in [0.25, 0.3) is 0 Å². The predicted molar refractivity (Wildman–Crippen MR) is 111 cm³/mol. The van der Waals surface area contributed by atoms with Crippen LogP contribution in [0.4, 0.5) is 4.79 Å². The molecular weight excluding hydrogens is 374 g/mol. The van der Waals surface area contributed by atoms with Crippen molar-refractivity contribution in [3.05, 3.63) is 29.8 Å². The Labute approximate surface area is 170 Å². The number of fused-ring (bicyclic) bond motifs is 1. The molecule has 3 saturated heterocycles. The number of amides is 3. The van der Waals surface area contributed by atoms with Crippen LogP contribution in [0.5, 0.6) is 5.75 Å². The Balaban J connectivity index is 1.23. The number of likely N-dealkylation sites (tertiary alicyclic amines) is 1. The summed E-state index contributed by atoms with van der Waals surface area (Å²) in [6.07, 6.45) is 5.72. The number of unbranched alkanes of at least 4 members (excludes halogenated alkanes) is 1. The fraction of sp³-hybridized carbons (Fsp3) is 0.619. The summed E-state index contributed by atoms with van der Waals surface area (Å²) in [7, 11) is 1.67. The number of carbonyl (C=O) groups is 2. The molecule has 3 aliphatic rings. The molecule has 0 spiro atoms. The van der Waals surface area contributed by atoms with Gasteiger partial charge < -0.3 is 20.3 Å². The summed E-state index contributed by atoms with van der Waals surface area (Å²) in [4.78, 5) is 26.3. The van der Waals surface area contributed by atoms with E-state index >= 15 is 0 Å². The third-order valence-corrected chi connectivity index (χ3v) is 7.65. The number of thioether (sulfide) groups is 1. The lowest BCUT2D eigenvalue weighted by molar-refractivity contribution is -0.132. The maximum absolute atomic E-state index is 12.8. The topological polar surface area (TPSA) is 70.7 Å². The summed E-state index contributed by atoms with van der Waals surface area (Å²) in [6.45, 7) is 0.857. The molecular formula is C21H29N3O3S. The Morgan fingerprint density at radius 3 is 2.86 bits per heavy atom. The minimum absolute atomic E-state index is 0.0333. The molecule has 28 heavy (non-hydrogen) atoms. The fourth-order valence-corrected chi connectivity index (χ4v) is 6.19. The van der Waals surface area contributed by atoms with Gasteiger partial charge in [0.2, 0.25) is 5.91 Å². The quantitative estimate of drug-likeness (QED) is 0.542. The maximum Gasteiger partial charge on any atom is 0.315 e. The van der Waals surface area contributed by atoms with Gasteiger partial charge in [0.05, 0.1) is 25.2 Å². The number of hydrogen-bond donors (Lipinski definition) is 2. The number of urea groups is 1. The molecule has 0 unspecified atom stereocenters. The first-order valence-electron chi connectivity index (χ1n) is 10.3. The van der Waals surface area contributed by atoms with Gasteiger partial charge in [-0.05, 0) is 43.4 Å². The van der Waals surface area contributed by atoms with Crippen molar-refractivity contribution in [2.24, 2.45) is 0 Å². The van der Waals surface area contributed by atoms with Crippen LogP contribution < -0.4 is 15.4 Å². The third kappa shape index (κ3) is 4.09. The van der Waals surface area contributed by atoms with Gasteiger partial charge in [-0.3, -0.25) is 4.79 Å². The molecule has 0 saturated carbocycles. The normalized spacial score (nSPS) is 28.8. The SMILES string of the molecule is COc1ccc([C@@H]2CCCN2C(=O)CCCC[C@@H]2SC[C@H]3NC(=O)N[C@@H]23)cc1. The van der Waals surface area contributed by atoms with Crippen molar-refractivity contribution in [1.82, 2.24) is 15.5 Å². The van der Waals surface area contributed by atoms with Gasteiger partial charge in [0.1, 0.15) is 5.75 Å². The van der Waals surface area contributed by atoms with Crippen LogP contribution in [0.3, 0.4) is 0 Å². The van der Waals surface area contributed by atoms with E-state index in [2.05, 4.69) is 27.7 Å². The van der Waals surface area contributed by atoms with E-state index in [1.807, 2.05) is 23.9 Å². The van der Waals surface area contributed by atoms with Crippen LogP contribution in [-0.4, -0.2) is 53.6 Å². The smallest absolute Gasteiger partial charge is 0.315 e.